The Morgan fingerprint density at radius 3 is 2.58 bits per heavy atom. The number of fused-ring (bicyclic) bond motifs is 3. The second-order valence-electron chi connectivity index (χ2n) is 7.47. The predicted octanol–water partition coefficient (Wildman–Crippen LogP) is 0.137. The largest absolute Gasteiger partial charge is 0.363 e. The number of imide groups is 1. The van der Waals surface area contributed by atoms with Crippen LogP contribution >= 0.6 is 0 Å². The van der Waals surface area contributed by atoms with Crippen molar-refractivity contribution >= 4 is 23.4 Å². The van der Waals surface area contributed by atoms with Crippen LogP contribution in [0.4, 0.5) is 10.1 Å². The molecule has 3 unspecified atom stereocenters. The number of carbonyl (C=O) groups excluding carboxylic acids is 3. The molecule has 0 aliphatic carbocycles. The van der Waals surface area contributed by atoms with Crippen LogP contribution in [0.15, 0.2) is 12.1 Å². The summed E-state index contributed by atoms with van der Waals surface area (Å²) in [6.45, 7) is 1.97. The van der Waals surface area contributed by atoms with Crippen LogP contribution in [-0.2, 0) is 16.1 Å². The van der Waals surface area contributed by atoms with Gasteiger partial charge in [0.15, 0.2) is 0 Å². The molecule has 5 rings (SSSR count). The standard InChI is InChI=1S/C18H19FN4O3/c19-13-5-10(23-11-4-12(23)7-20-6-11)3-9-8-22(18(26)16(9)13)14-1-2-15(24)21-17(14)25/h3,5,11-12,14,20H,1-2,4,6-8H2,(H,21,24,25). The van der Waals surface area contributed by atoms with Crippen LogP contribution < -0.4 is 15.5 Å². The molecule has 3 saturated heterocycles. The van der Waals surface area contributed by atoms with E-state index in [9.17, 15) is 18.8 Å². The third kappa shape index (κ3) is 2.18. The summed E-state index contributed by atoms with van der Waals surface area (Å²) in [6.07, 6.45) is 1.57. The van der Waals surface area contributed by atoms with Crippen molar-refractivity contribution < 1.29 is 18.8 Å². The van der Waals surface area contributed by atoms with Crippen molar-refractivity contribution in [2.45, 2.75) is 43.9 Å². The maximum atomic E-state index is 14.8. The number of carbonyl (C=O) groups is 3. The quantitative estimate of drug-likeness (QED) is 0.735. The van der Waals surface area contributed by atoms with Crippen LogP contribution in [0.5, 0.6) is 0 Å². The van der Waals surface area contributed by atoms with Crippen molar-refractivity contribution in [3.05, 3.63) is 29.1 Å². The summed E-state index contributed by atoms with van der Waals surface area (Å²) in [5, 5.41) is 5.61. The van der Waals surface area contributed by atoms with E-state index in [2.05, 4.69) is 15.5 Å². The van der Waals surface area contributed by atoms with Gasteiger partial charge in [-0.25, -0.2) is 4.39 Å². The first-order valence-corrected chi connectivity index (χ1v) is 8.99. The summed E-state index contributed by atoms with van der Waals surface area (Å²) in [5.41, 5.74) is 1.48. The lowest BCUT2D eigenvalue weighted by molar-refractivity contribution is -0.136. The van der Waals surface area contributed by atoms with Gasteiger partial charge in [0.25, 0.3) is 5.91 Å². The molecule has 4 heterocycles. The first kappa shape index (κ1) is 15.7. The highest BCUT2D eigenvalue weighted by Crippen LogP contribution is 2.38. The Balaban J connectivity index is 1.44. The normalized spacial score (nSPS) is 30.2. The Bertz CT molecular complexity index is 828. The molecule has 0 saturated carbocycles. The Morgan fingerprint density at radius 2 is 1.88 bits per heavy atom. The summed E-state index contributed by atoms with van der Waals surface area (Å²) in [4.78, 5) is 39.7. The number of hydrogen-bond donors (Lipinski definition) is 2. The number of rotatable bonds is 2. The highest BCUT2D eigenvalue weighted by Gasteiger charge is 2.44. The van der Waals surface area contributed by atoms with Crippen molar-refractivity contribution in [1.29, 1.82) is 0 Å². The molecule has 1 aromatic carbocycles. The lowest BCUT2D eigenvalue weighted by Crippen LogP contribution is -2.68. The van der Waals surface area contributed by atoms with Crippen molar-refractivity contribution in [2.75, 3.05) is 18.0 Å². The SMILES string of the molecule is O=C1CCC(N2Cc3cc(N4C5CNCC4C5)cc(F)c3C2=O)C(=O)N1. The first-order valence-electron chi connectivity index (χ1n) is 8.99. The molecule has 0 spiro atoms. The number of halogens is 1. The van der Waals surface area contributed by atoms with Crippen molar-refractivity contribution in [3.8, 4) is 0 Å². The van der Waals surface area contributed by atoms with Crippen LogP contribution in [0, 0.1) is 5.82 Å². The van der Waals surface area contributed by atoms with E-state index in [0.29, 0.717) is 17.6 Å². The fourth-order valence-electron chi connectivity index (χ4n) is 4.69. The maximum absolute atomic E-state index is 14.8. The third-order valence-electron chi connectivity index (χ3n) is 5.95. The molecule has 0 radical (unpaired) electrons. The highest BCUT2D eigenvalue weighted by molar-refractivity contribution is 6.05. The van der Waals surface area contributed by atoms with Crippen LogP contribution in [0.25, 0.3) is 0 Å². The zero-order valence-corrected chi connectivity index (χ0v) is 14.1. The molecule has 0 aromatic heterocycles. The van der Waals surface area contributed by atoms with Crippen molar-refractivity contribution in [1.82, 2.24) is 15.5 Å². The monoisotopic (exact) mass is 358 g/mol. The average Bonchev–Trinajstić information content (AvgIpc) is 2.92. The van der Waals surface area contributed by atoms with Gasteiger partial charge >= 0.3 is 0 Å². The van der Waals surface area contributed by atoms with Gasteiger partial charge in [-0.05, 0) is 30.5 Å². The summed E-state index contributed by atoms with van der Waals surface area (Å²) in [7, 11) is 0. The topological polar surface area (TPSA) is 81.8 Å². The van der Waals surface area contributed by atoms with Gasteiger partial charge < -0.3 is 15.1 Å². The summed E-state index contributed by atoms with van der Waals surface area (Å²) < 4.78 is 14.8. The fraction of sp³-hybridized carbons (Fsp3) is 0.500. The number of hydrogen-bond acceptors (Lipinski definition) is 5. The third-order valence-corrected chi connectivity index (χ3v) is 5.95. The Kier molecular flexibility index (Phi) is 3.34. The molecule has 8 heteroatoms. The summed E-state index contributed by atoms with van der Waals surface area (Å²) in [6, 6.07) is 3.34. The number of piperazine rings is 1. The second-order valence-corrected chi connectivity index (χ2v) is 7.47. The molecular formula is C18H19FN4O3. The number of piperidine rings is 2. The highest BCUT2D eigenvalue weighted by atomic mass is 19.1. The fourth-order valence-corrected chi connectivity index (χ4v) is 4.69. The number of nitrogens with zero attached hydrogens (tertiary/aromatic N) is 2. The lowest BCUT2D eigenvalue weighted by atomic mass is 9.87. The lowest BCUT2D eigenvalue weighted by Gasteiger charge is -2.54. The first-order chi connectivity index (χ1) is 12.5. The molecule has 2 bridgehead atoms. The number of benzene rings is 1. The molecule has 4 aliphatic heterocycles. The minimum atomic E-state index is -0.719. The number of amides is 3. The van der Waals surface area contributed by atoms with Gasteiger partial charge in [-0.3, -0.25) is 19.7 Å². The summed E-state index contributed by atoms with van der Waals surface area (Å²) >= 11 is 0. The zero-order chi connectivity index (χ0) is 18.0. The van der Waals surface area contributed by atoms with Gasteiger partial charge in [-0.2, -0.15) is 0 Å². The zero-order valence-electron chi connectivity index (χ0n) is 14.1. The number of anilines is 1. The Morgan fingerprint density at radius 1 is 1.12 bits per heavy atom. The molecule has 136 valence electrons. The molecule has 26 heavy (non-hydrogen) atoms. The van der Waals surface area contributed by atoms with Gasteiger partial charge in [-0.15, -0.1) is 0 Å². The minimum absolute atomic E-state index is 0.0576. The van der Waals surface area contributed by atoms with Crippen LogP contribution in [0.2, 0.25) is 0 Å². The van der Waals surface area contributed by atoms with Crippen LogP contribution in [0.3, 0.4) is 0 Å². The Labute approximate surface area is 149 Å². The predicted molar refractivity (Wildman–Crippen MR) is 90.0 cm³/mol. The number of nitrogens with one attached hydrogen (secondary N) is 2. The van der Waals surface area contributed by atoms with Gasteiger partial charge in [0, 0.05) is 43.8 Å². The molecule has 4 aliphatic rings. The van der Waals surface area contributed by atoms with E-state index in [0.717, 1.165) is 25.2 Å². The van der Waals surface area contributed by atoms with Crippen LogP contribution in [0.1, 0.15) is 35.2 Å². The molecule has 3 fully saturated rings. The van der Waals surface area contributed by atoms with Crippen LogP contribution in [-0.4, -0.2) is 53.8 Å². The van der Waals surface area contributed by atoms with E-state index in [4.69, 9.17) is 0 Å². The van der Waals surface area contributed by atoms with E-state index < -0.39 is 23.7 Å². The molecular weight excluding hydrogens is 339 g/mol. The smallest absolute Gasteiger partial charge is 0.258 e. The molecule has 7 nitrogen and oxygen atoms in total. The van der Waals surface area contributed by atoms with E-state index in [-0.39, 0.29) is 30.9 Å². The van der Waals surface area contributed by atoms with Gasteiger partial charge in [-0.1, -0.05) is 0 Å². The van der Waals surface area contributed by atoms with Gasteiger partial charge in [0.1, 0.15) is 11.9 Å². The maximum Gasteiger partial charge on any atom is 0.258 e. The Hall–Kier alpha value is -2.48. The minimum Gasteiger partial charge on any atom is -0.363 e. The molecule has 3 amide bonds. The van der Waals surface area contributed by atoms with E-state index >= 15 is 0 Å². The van der Waals surface area contributed by atoms with Gasteiger partial charge in [0.05, 0.1) is 5.56 Å². The molecule has 1 aromatic rings. The van der Waals surface area contributed by atoms with E-state index in [1.54, 1.807) is 0 Å². The van der Waals surface area contributed by atoms with Crippen molar-refractivity contribution in [3.63, 3.8) is 0 Å². The van der Waals surface area contributed by atoms with E-state index in [1.807, 2.05) is 6.07 Å². The van der Waals surface area contributed by atoms with Gasteiger partial charge in [0.2, 0.25) is 11.8 Å². The van der Waals surface area contributed by atoms with Crippen molar-refractivity contribution in [2.24, 2.45) is 0 Å². The van der Waals surface area contributed by atoms with E-state index in [1.165, 1.54) is 11.0 Å². The second kappa shape index (κ2) is 5.51. The summed E-state index contributed by atoms with van der Waals surface area (Å²) in [5.74, 6) is -1.81. The average molecular weight is 358 g/mol. The molecule has 3 atom stereocenters. The molecule has 2 N–H and O–H groups in total.